The number of nitrogens with one attached hydrogen (secondary N) is 1. The fraction of sp³-hybridized carbons (Fsp3) is 0.727. The summed E-state index contributed by atoms with van der Waals surface area (Å²) in [5, 5.41) is 3.03. The number of carbonyl (C=O) groups is 1. The molecule has 0 aromatic heterocycles. The Morgan fingerprint density at radius 1 is 1.60 bits per heavy atom. The van der Waals surface area contributed by atoms with Crippen LogP contribution in [0.25, 0.3) is 0 Å². The Morgan fingerprint density at radius 3 is 2.73 bits per heavy atom. The number of methoxy groups -OCH3 is 1. The summed E-state index contributed by atoms with van der Waals surface area (Å²) >= 11 is 0. The number of hydrogen-bond donors (Lipinski definition) is 1. The van der Waals surface area contributed by atoms with E-state index in [0.29, 0.717) is 26.2 Å². The molecule has 0 heterocycles. The molecular weight excluding hydrogens is 192 g/mol. The first-order valence-electron chi connectivity index (χ1n) is 5.23. The highest BCUT2D eigenvalue weighted by atomic mass is 16.5. The maximum absolute atomic E-state index is 11.7. The SMILES string of the molecule is C=CCN(C(=O)CNCCOC)C(C)C. The average molecular weight is 214 g/mol. The van der Waals surface area contributed by atoms with Crippen molar-refractivity contribution in [3.8, 4) is 0 Å². The Morgan fingerprint density at radius 2 is 2.27 bits per heavy atom. The molecule has 0 bridgehead atoms. The topological polar surface area (TPSA) is 41.6 Å². The molecule has 4 heteroatoms. The Bertz CT molecular complexity index is 193. The maximum atomic E-state index is 11.7. The van der Waals surface area contributed by atoms with Gasteiger partial charge in [-0.1, -0.05) is 6.08 Å². The van der Waals surface area contributed by atoms with Crippen LogP contribution in [0.4, 0.5) is 0 Å². The van der Waals surface area contributed by atoms with Crippen molar-refractivity contribution >= 4 is 5.91 Å². The van der Waals surface area contributed by atoms with Crippen molar-refractivity contribution in [2.75, 3.05) is 33.4 Å². The Kier molecular flexibility index (Phi) is 7.95. The van der Waals surface area contributed by atoms with E-state index < -0.39 is 0 Å². The first-order chi connectivity index (χ1) is 7.13. The van der Waals surface area contributed by atoms with Gasteiger partial charge in [0.05, 0.1) is 13.2 Å². The zero-order valence-corrected chi connectivity index (χ0v) is 9.95. The predicted molar refractivity (Wildman–Crippen MR) is 61.8 cm³/mol. The van der Waals surface area contributed by atoms with E-state index in [1.807, 2.05) is 13.8 Å². The van der Waals surface area contributed by atoms with E-state index in [2.05, 4.69) is 11.9 Å². The first kappa shape index (κ1) is 14.1. The normalized spacial score (nSPS) is 10.4. The molecular formula is C11H22N2O2. The number of carbonyl (C=O) groups excluding carboxylic acids is 1. The number of amides is 1. The molecule has 0 aliphatic rings. The van der Waals surface area contributed by atoms with E-state index >= 15 is 0 Å². The number of ether oxygens (including phenoxy) is 1. The molecule has 0 radical (unpaired) electrons. The molecule has 0 fully saturated rings. The predicted octanol–water partition coefficient (Wildman–Crippen LogP) is 0.645. The van der Waals surface area contributed by atoms with Crippen molar-refractivity contribution in [3.05, 3.63) is 12.7 Å². The molecule has 88 valence electrons. The van der Waals surface area contributed by atoms with E-state index in [1.54, 1.807) is 18.1 Å². The third kappa shape index (κ3) is 6.25. The lowest BCUT2D eigenvalue weighted by atomic mass is 10.3. The van der Waals surface area contributed by atoms with Crippen LogP contribution in [0.1, 0.15) is 13.8 Å². The summed E-state index contributed by atoms with van der Waals surface area (Å²) in [5.74, 6) is 0.0982. The van der Waals surface area contributed by atoms with Crippen molar-refractivity contribution < 1.29 is 9.53 Å². The summed E-state index contributed by atoms with van der Waals surface area (Å²) in [5.41, 5.74) is 0. The van der Waals surface area contributed by atoms with Gasteiger partial charge >= 0.3 is 0 Å². The highest BCUT2D eigenvalue weighted by Gasteiger charge is 2.14. The van der Waals surface area contributed by atoms with Crippen LogP contribution in [-0.4, -0.2) is 50.2 Å². The third-order valence-electron chi connectivity index (χ3n) is 2.03. The molecule has 0 unspecified atom stereocenters. The molecule has 1 amide bonds. The fourth-order valence-electron chi connectivity index (χ4n) is 1.21. The minimum absolute atomic E-state index is 0.0982. The van der Waals surface area contributed by atoms with Gasteiger partial charge in [0.2, 0.25) is 5.91 Å². The molecule has 0 aliphatic heterocycles. The van der Waals surface area contributed by atoms with Gasteiger partial charge in [0, 0.05) is 26.2 Å². The van der Waals surface area contributed by atoms with Crippen molar-refractivity contribution in [2.45, 2.75) is 19.9 Å². The van der Waals surface area contributed by atoms with Crippen LogP contribution in [0.2, 0.25) is 0 Å². The summed E-state index contributed by atoms with van der Waals surface area (Å²) < 4.78 is 4.88. The highest BCUT2D eigenvalue weighted by Crippen LogP contribution is 1.98. The maximum Gasteiger partial charge on any atom is 0.237 e. The molecule has 0 saturated carbocycles. The van der Waals surface area contributed by atoms with E-state index in [-0.39, 0.29) is 11.9 Å². The Balaban J connectivity index is 3.87. The fourth-order valence-corrected chi connectivity index (χ4v) is 1.21. The molecule has 0 aliphatic carbocycles. The Hall–Kier alpha value is -0.870. The lowest BCUT2D eigenvalue weighted by Crippen LogP contribution is -2.42. The lowest BCUT2D eigenvalue weighted by molar-refractivity contribution is -0.131. The highest BCUT2D eigenvalue weighted by molar-refractivity contribution is 5.78. The molecule has 0 spiro atoms. The summed E-state index contributed by atoms with van der Waals surface area (Å²) in [6.45, 7) is 9.91. The van der Waals surface area contributed by atoms with E-state index in [0.717, 1.165) is 0 Å². The van der Waals surface area contributed by atoms with Crippen molar-refractivity contribution in [2.24, 2.45) is 0 Å². The molecule has 4 nitrogen and oxygen atoms in total. The van der Waals surface area contributed by atoms with Gasteiger partial charge in [-0.3, -0.25) is 4.79 Å². The smallest absolute Gasteiger partial charge is 0.237 e. The van der Waals surface area contributed by atoms with Gasteiger partial charge in [0.25, 0.3) is 0 Å². The van der Waals surface area contributed by atoms with Crippen molar-refractivity contribution in [3.63, 3.8) is 0 Å². The molecule has 1 N–H and O–H groups in total. The lowest BCUT2D eigenvalue weighted by Gasteiger charge is -2.25. The van der Waals surface area contributed by atoms with E-state index in [9.17, 15) is 4.79 Å². The zero-order valence-electron chi connectivity index (χ0n) is 9.95. The summed E-state index contributed by atoms with van der Waals surface area (Å²) in [7, 11) is 1.64. The number of hydrogen-bond acceptors (Lipinski definition) is 3. The minimum atomic E-state index is 0.0982. The van der Waals surface area contributed by atoms with Gasteiger partial charge in [-0.2, -0.15) is 0 Å². The monoisotopic (exact) mass is 214 g/mol. The van der Waals surface area contributed by atoms with Crippen molar-refractivity contribution in [1.82, 2.24) is 10.2 Å². The standard InChI is InChI=1S/C11H22N2O2/c1-5-7-13(10(2)3)11(14)9-12-6-8-15-4/h5,10,12H,1,6-9H2,2-4H3. The molecule has 0 aromatic carbocycles. The van der Waals surface area contributed by atoms with Crippen LogP contribution >= 0.6 is 0 Å². The quantitative estimate of drug-likeness (QED) is 0.476. The van der Waals surface area contributed by atoms with Crippen LogP contribution in [0, 0.1) is 0 Å². The van der Waals surface area contributed by atoms with Gasteiger partial charge in [-0.25, -0.2) is 0 Å². The van der Waals surface area contributed by atoms with E-state index in [4.69, 9.17) is 4.74 Å². The van der Waals surface area contributed by atoms with Gasteiger partial charge < -0.3 is 15.0 Å². The third-order valence-corrected chi connectivity index (χ3v) is 2.03. The first-order valence-corrected chi connectivity index (χ1v) is 5.23. The second-order valence-electron chi connectivity index (χ2n) is 3.60. The van der Waals surface area contributed by atoms with Gasteiger partial charge in [0.1, 0.15) is 0 Å². The molecule has 0 saturated heterocycles. The van der Waals surface area contributed by atoms with Gasteiger partial charge in [0.15, 0.2) is 0 Å². The van der Waals surface area contributed by atoms with Crippen LogP contribution in [-0.2, 0) is 9.53 Å². The van der Waals surface area contributed by atoms with Gasteiger partial charge in [-0.15, -0.1) is 6.58 Å². The Labute approximate surface area is 92.3 Å². The summed E-state index contributed by atoms with van der Waals surface area (Å²) in [6, 6.07) is 0.208. The van der Waals surface area contributed by atoms with Crippen molar-refractivity contribution in [1.29, 1.82) is 0 Å². The number of nitrogens with zero attached hydrogens (tertiary/aromatic N) is 1. The molecule has 0 rings (SSSR count). The average Bonchev–Trinajstić information content (AvgIpc) is 2.20. The largest absolute Gasteiger partial charge is 0.383 e. The second kappa shape index (κ2) is 8.44. The summed E-state index contributed by atoms with van der Waals surface area (Å²) in [6.07, 6.45) is 1.74. The second-order valence-corrected chi connectivity index (χ2v) is 3.60. The van der Waals surface area contributed by atoms with Crippen LogP contribution in [0.3, 0.4) is 0 Å². The molecule has 0 aromatic rings. The zero-order chi connectivity index (χ0) is 11.7. The van der Waals surface area contributed by atoms with E-state index in [1.165, 1.54) is 0 Å². The number of rotatable bonds is 8. The molecule has 0 atom stereocenters. The summed E-state index contributed by atoms with van der Waals surface area (Å²) in [4.78, 5) is 13.5. The van der Waals surface area contributed by atoms with Crippen LogP contribution < -0.4 is 5.32 Å². The van der Waals surface area contributed by atoms with Crippen LogP contribution in [0.15, 0.2) is 12.7 Å². The molecule has 15 heavy (non-hydrogen) atoms. The van der Waals surface area contributed by atoms with Crippen LogP contribution in [0.5, 0.6) is 0 Å². The van der Waals surface area contributed by atoms with Gasteiger partial charge in [-0.05, 0) is 13.8 Å². The minimum Gasteiger partial charge on any atom is -0.383 e.